The van der Waals surface area contributed by atoms with Gasteiger partial charge in [-0.1, -0.05) is 42.5 Å². The van der Waals surface area contributed by atoms with E-state index in [0.29, 0.717) is 10.7 Å². The summed E-state index contributed by atoms with van der Waals surface area (Å²) >= 11 is 1.42. The highest BCUT2D eigenvalue weighted by molar-refractivity contribution is 7.14. The number of pyridine rings is 1. The highest BCUT2D eigenvalue weighted by atomic mass is 32.1. The molecule has 0 unspecified atom stereocenters. The van der Waals surface area contributed by atoms with Crippen LogP contribution in [-0.4, -0.2) is 15.9 Å². The van der Waals surface area contributed by atoms with Crippen molar-refractivity contribution < 1.29 is 4.79 Å². The molecule has 0 saturated heterocycles. The Labute approximate surface area is 142 Å². The second-order valence-corrected chi connectivity index (χ2v) is 6.11. The smallest absolute Gasteiger partial charge is 0.257 e. The number of fused-ring (bicyclic) bond motifs is 1. The van der Waals surface area contributed by atoms with Crippen molar-refractivity contribution in [1.82, 2.24) is 9.97 Å². The molecule has 0 aliphatic rings. The number of carbonyl (C=O) groups excluding carboxylic acids is 1. The molecule has 116 valence electrons. The third-order valence-electron chi connectivity index (χ3n) is 3.73. The maximum absolute atomic E-state index is 12.2. The van der Waals surface area contributed by atoms with Gasteiger partial charge in [-0.3, -0.25) is 15.1 Å². The molecule has 0 atom stereocenters. The average Bonchev–Trinajstić information content (AvgIpc) is 3.10. The summed E-state index contributed by atoms with van der Waals surface area (Å²) in [7, 11) is 0. The molecular formula is C19H13N3OS. The van der Waals surface area contributed by atoms with Gasteiger partial charge >= 0.3 is 0 Å². The largest absolute Gasteiger partial charge is 0.298 e. The number of anilines is 1. The van der Waals surface area contributed by atoms with E-state index in [1.54, 1.807) is 24.5 Å². The van der Waals surface area contributed by atoms with Gasteiger partial charge in [0, 0.05) is 28.9 Å². The first kappa shape index (κ1) is 14.5. The fourth-order valence-corrected chi connectivity index (χ4v) is 3.28. The molecule has 2 aromatic heterocycles. The monoisotopic (exact) mass is 331 g/mol. The number of nitrogens with zero attached hydrogens (tertiary/aromatic N) is 2. The third-order valence-corrected chi connectivity index (χ3v) is 4.49. The first-order valence-electron chi connectivity index (χ1n) is 7.46. The minimum atomic E-state index is -0.184. The molecule has 4 nitrogen and oxygen atoms in total. The summed E-state index contributed by atoms with van der Waals surface area (Å²) in [4.78, 5) is 20.7. The zero-order valence-corrected chi connectivity index (χ0v) is 13.5. The summed E-state index contributed by atoms with van der Waals surface area (Å²) in [5.41, 5.74) is 2.49. The van der Waals surface area contributed by atoms with Crippen molar-refractivity contribution in [2.24, 2.45) is 0 Å². The van der Waals surface area contributed by atoms with Gasteiger partial charge in [0.2, 0.25) is 0 Å². The van der Waals surface area contributed by atoms with Gasteiger partial charge in [0.1, 0.15) is 0 Å². The van der Waals surface area contributed by atoms with Crippen molar-refractivity contribution in [2.75, 3.05) is 5.32 Å². The van der Waals surface area contributed by atoms with Crippen molar-refractivity contribution in [3.63, 3.8) is 0 Å². The molecule has 0 fully saturated rings. The molecule has 0 radical (unpaired) electrons. The summed E-state index contributed by atoms with van der Waals surface area (Å²) in [6, 6.07) is 17.7. The molecular weight excluding hydrogens is 318 g/mol. The molecule has 1 N–H and O–H groups in total. The highest BCUT2D eigenvalue weighted by Crippen LogP contribution is 2.31. The van der Waals surface area contributed by atoms with Crippen LogP contribution in [0.2, 0.25) is 0 Å². The molecule has 0 aliphatic heterocycles. The van der Waals surface area contributed by atoms with Crippen LogP contribution in [0.1, 0.15) is 10.4 Å². The van der Waals surface area contributed by atoms with E-state index in [1.165, 1.54) is 16.7 Å². The van der Waals surface area contributed by atoms with E-state index in [-0.39, 0.29) is 5.91 Å². The van der Waals surface area contributed by atoms with Crippen LogP contribution in [0.15, 0.2) is 72.4 Å². The Morgan fingerprint density at radius 3 is 2.62 bits per heavy atom. The summed E-state index contributed by atoms with van der Waals surface area (Å²) in [6.45, 7) is 0. The number of thiazole rings is 1. The Morgan fingerprint density at radius 2 is 1.75 bits per heavy atom. The maximum Gasteiger partial charge on any atom is 0.257 e. The Balaban J connectivity index is 1.64. The molecule has 0 saturated carbocycles. The van der Waals surface area contributed by atoms with E-state index < -0.39 is 0 Å². The minimum Gasteiger partial charge on any atom is -0.298 e. The average molecular weight is 331 g/mol. The van der Waals surface area contributed by atoms with Crippen LogP contribution in [-0.2, 0) is 0 Å². The van der Waals surface area contributed by atoms with Crippen LogP contribution in [0.5, 0.6) is 0 Å². The highest BCUT2D eigenvalue weighted by Gasteiger charge is 2.11. The lowest BCUT2D eigenvalue weighted by Gasteiger charge is -2.04. The lowest BCUT2D eigenvalue weighted by Crippen LogP contribution is -2.11. The standard InChI is InChI=1S/C19H13N3OS/c23-18(14-8-10-20-11-9-14)22-19-21-17(12-24-19)16-7-3-5-13-4-1-2-6-15(13)16/h1-12H,(H,21,22,23). The number of hydrogen-bond acceptors (Lipinski definition) is 4. The second kappa shape index (κ2) is 6.22. The fraction of sp³-hybridized carbons (Fsp3) is 0. The van der Waals surface area contributed by atoms with E-state index in [4.69, 9.17) is 0 Å². The van der Waals surface area contributed by atoms with Crippen LogP contribution in [0.4, 0.5) is 5.13 Å². The predicted molar refractivity (Wildman–Crippen MR) is 97.2 cm³/mol. The fourth-order valence-electron chi connectivity index (χ4n) is 2.58. The summed E-state index contributed by atoms with van der Waals surface area (Å²) in [5, 5.41) is 7.70. The van der Waals surface area contributed by atoms with Crippen LogP contribution in [0.3, 0.4) is 0 Å². The van der Waals surface area contributed by atoms with E-state index >= 15 is 0 Å². The number of carbonyl (C=O) groups is 1. The van der Waals surface area contributed by atoms with E-state index in [0.717, 1.165) is 16.6 Å². The van der Waals surface area contributed by atoms with Crippen molar-refractivity contribution in [3.05, 3.63) is 77.9 Å². The number of rotatable bonds is 3. The number of nitrogens with one attached hydrogen (secondary N) is 1. The molecule has 4 aromatic rings. The zero-order valence-electron chi connectivity index (χ0n) is 12.6. The number of hydrogen-bond donors (Lipinski definition) is 1. The Morgan fingerprint density at radius 1 is 0.958 bits per heavy atom. The van der Waals surface area contributed by atoms with Crippen molar-refractivity contribution in [2.45, 2.75) is 0 Å². The Hall–Kier alpha value is -3.05. The summed E-state index contributed by atoms with van der Waals surface area (Å²) < 4.78 is 0. The molecule has 0 bridgehead atoms. The number of amides is 1. The van der Waals surface area contributed by atoms with Gasteiger partial charge in [-0.15, -0.1) is 11.3 Å². The maximum atomic E-state index is 12.2. The molecule has 24 heavy (non-hydrogen) atoms. The van der Waals surface area contributed by atoms with Gasteiger partial charge in [0.05, 0.1) is 5.69 Å². The quantitative estimate of drug-likeness (QED) is 0.596. The van der Waals surface area contributed by atoms with E-state index in [1.807, 2.05) is 29.6 Å². The molecule has 4 rings (SSSR count). The lowest BCUT2D eigenvalue weighted by atomic mass is 10.0. The van der Waals surface area contributed by atoms with E-state index in [2.05, 4.69) is 33.5 Å². The molecule has 0 aliphatic carbocycles. The molecule has 0 spiro atoms. The Bertz CT molecular complexity index is 1010. The normalized spacial score (nSPS) is 10.7. The van der Waals surface area contributed by atoms with Gasteiger partial charge in [0.15, 0.2) is 5.13 Å². The minimum absolute atomic E-state index is 0.184. The topological polar surface area (TPSA) is 54.9 Å². The summed E-state index contributed by atoms with van der Waals surface area (Å²) in [6.07, 6.45) is 3.19. The molecule has 2 heterocycles. The van der Waals surface area contributed by atoms with E-state index in [9.17, 15) is 4.79 Å². The first-order chi connectivity index (χ1) is 11.8. The third kappa shape index (κ3) is 2.77. The Kier molecular flexibility index (Phi) is 3.76. The number of aromatic nitrogens is 2. The molecule has 2 aromatic carbocycles. The first-order valence-corrected chi connectivity index (χ1v) is 8.34. The second-order valence-electron chi connectivity index (χ2n) is 5.25. The van der Waals surface area contributed by atoms with Crippen molar-refractivity contribution >= 4 is 33.1 Å². The van der Waals surface area contributed by atoms with Gasteiger partial charge in [0.25, 0.3) is 5.91 Å². The van der Waals surface area contributed by atoms with Gasteiger partial charge in [-0.05, 0) is 22.9 Å². The van der Waals surface area contributed by atoms with Crippen molar-refractivity contribution in [1.29, 1.82) is 0 Å². The molecule has 5 heteroatoms. The van der Waals surface area contributed by atoms with Gasteiger partial charge < -0.3 is 0 Å². The lowest BCUT2D eigenvalue weighted by molar-refractivity contribution is 0.102. The van der Waals surface area contributed by atoms with Gasteiger partial charge in [-0.2, -0.15) is 0 Å². The number of benzene rings is 2. The van der Waals surface area contributed by atoms with Gasteiger partial charge in [-0.25, -0.2) is 4.98 Å². The predicted octanol–water partition coefficient (Wildman–Crippen LogP) is 4.61. The molecule has 1 amide bonds. The SMILES string of the molecule is O=C(Nc1nc(-c2cccc3ccccc23)cs1)c1ccncc1. The van der Waals surface area contributed by atoms with Crippen LogP contribution >= 0.6 is 11.3 Å². The van der Waals surface area contributed by atoms with Crippen LogP contribution in [0, 0.1) is 0 Å². The summed E-state index contributed by atoms with van der Waals surface area (Å²) in [5.74, 6) is -0.184. The van der Waals surface area contributed by atoms with Crippen molar-refractivity contribution in [3.8, 4) is 11.3 Å². The van der Waals surface area contributed by atoms with Crippen LogP contribution < -0.4 is 5.32 Å². The zero-order chi connectivity index (χ0) is 16.4. The van der Waals surface area contributed by atoms with Crippen LogP contribution in [0.25, 0.3) is 22.0 Å².